The van der Waals surface area contributed by atoms with Gasteiger partial charge in [-0.1, -0.05) is 26.2 Å². The highest BCUT2D eigenvalue weighted by atomic mass is 16.6. The molecule has 2 aromatic rings. The summed E-state index contributed by atoms with van der Waals surface area (Å²) >= 11 is 0. The van der Waals surface area contributed by atoms with Gasteiger partial charge in [-0.15, -0.1) is 5.11 Å². The van der Waals surface area contributed by atoms with Gasteiger partial charge in [-0.3, -0.25) is 10.1 Å². The van der Waals surface area contributed by atoms with Crippen LogP contribution in [-0.2, 0) is 0 Å². The summed E-state index contributed by atoms with van der Waals surface area (Å²) in [6.07, 6.45) is 4.83. The van der Waals surface area contributed by atoms with Crippen molar-refractivity contribution in [2.24, 2.45) is 10.2 Å². The molecule has 2 aromatic carbocycles. The fraction of sp³-hybridized carbons (Fsp3) is 0.381. The van der Waals surface area contributed by atoms with E-state index in [4.69, 9.17) is 5.11 Å². The Balaban J connectivity index is 2.12. The zero-order valence-corrected chi connectivity index (χ0v) is 16.7. The van der Waals surface area contributed by atoms with Crippen LogP contribution in [0.1, 0.15) is 49.9 Å². The number of aromatic carboxylic acids is 1. The van der Waals surface area contributed by atoms with E-state index in [1.807, 2.05) is 24.3 Å². The third-order valence-electron chi connectivity index (χ3n) is 4.57. The maximum absolute atomic E-state index is 11.2. The molecule has 0 amide bonds. The number of unbranched alkanes of at least 4 members (excludes halogenated alkanes) is 3. The number of carboxylic acids is 1. The molecule has 29 heavy (non-hydrogen) atoms. The number of carbonyl (C=O) groups is 1. The predicted octanol–water partition coefficient (Wildman–Crippen LogP) is 6.12. The van der Waals surface area contributed by atoms with Crippen LogP contribution in [0.5, 0.6) is 0 Å². The fourth-order valence-corrected chi connectivity index (χ4v) is 2.93. The summed E-state index contributed by atoms with van der Waals surface area (Å²) in [5.41, 5.74) is 1.11. The van der Waals surface area contributed by atoms with Crippen LogP contribution in [0.4, 0.5) is 22.7 Å². The number of hydrogen-bond acceptors (Lipinski definition) is 6. The lowest BCUT2D eigenvalue weighted by molar-refractivity contribution is -0.384. The van der Waals surface area contributed by atoms with Gasteiger partial charge in [0.25, 0.3) is 5.69 Å². The van der Waals surface area contributed by atoms with Crippen molar-refractivity contribution < 1.29 is 14.8 Å². The highest BCUT2D eigenvalue weighted by Crippen LogP contribution is 2.30. The topological polar surface area (TPSA) is 108 Å². The number of nitro benzene ring substituents is 1. The molecule has 1 N–H and O–H groups in total. The molecule has 0 atom stereocenters. The lowest BCUT2D eigenvalue weighted by atomic mass is 10.2. The first kappa shape index (κ1) is 22.0. The van der Waals surface area contributed by atoms with E-state index < -0.39 is 16.6 Å². The first-order valence-corrected chi connectivity index (χ1v) is 9.74. The summed E-state index contributed by atoms with van der Waals surface area (Å²) < 4.78 is 0. The van der Waals surface area contributed by atoms with Crippen LogP contribution in [0.25, 0.3) is 0 Å². The Kier molecular flexibility index (Phi) is 8.27. The summed E-state index contributed by atoms with van der Waals surface area (Å²) in [6, 6.07) is 11.1. The molecule has 0 aliphatic rings. The molecule has 0 radical (unpaired) electrons. The normalized spacial score (nSPS) is 11.0. The van der Waals surface area contributed by atoms with Crippen LogP contribution in [0.15, 0.2) is 52.7 Å². The van der Waals surface area contributed by atoms with E-state index in [1.165, 1.54) is 31.4 Å². The second-order valence-corrected chi connectivity index (χ2v) is 6.62. The van der Waals surface area contributed by atoms with Crippen LogP contribution < -0.4 is 4.90 Å². The fourth-order valence-electron chi connectivity index (χ4n) is 2.93. The van der Waals surface area contributed by atoms with Gasteiger partial charge in [0.05, 0.1) is 16.2 Å². The van der Waals surface area contributed by atoms with Gasteiger partial charge < -0.3 is 10.0 Å². The maximum atomic E-state index is 11.2. The molecular formula is C21H26N4O4. The van der Waals surface area contributed by atoms with E-state index >= 15 is 0 Å². The maximum Gasteiger partial charge on any atom is 0.335 e. The number of benzene rings is 2. The van der Waals surface area contributed by atoms with Crippen molar-refractivity contribution in [2.75, 3.05) is 18.0 Å². The number of azo groups is 1. The van der Waals surface area contributed by atoms with Crippen molar-refractivity contribution in [3.8, 4) is 0 Å². The highest BCUT2D eigenvalue weighted by Gasteiger charge is 2.17. The molecule has 0 spiro atoms. The average Bonchev–Trinajstić information content (AvgIpc) is 2.72. The molecular weight excluding hydrogens is 372 g/mol. The molecule has 0 fully saturated rings. The van der Waals surface area contributed by atoms with Gasteiger partial charge >= 0.3 is 5.97 Å². The number of nitrogens with zero attached hydrogens (tertiary/aromatic N) is 4. The molecule has 0 heterocycles. The Morgan fingerprint density at radius 2 is 1.79 bits per heavy atom. The Labute approximate surface area is 170 Å². The Morgan fingerprint density at radius 1 is 1.07 bits per heavy atom. The molecule has 0 aliphatic heterocycles. The van der Waals surface area contributed by atoms with Crippen molar-refractivity contribution >= 4 is 28.7 Å². The van der Waals surface area contributed by atoms with E-state index in [0.29, 0.717) is 5.69 Å². The average molecular weight is 398 g/mol. The van der Waals surface area contributed by atoms with E-state index in [9.17, 15) is 14.9 Å². The number of nitro groups is 1. The van der Waals surface area contributed by atoms with E-state index in [0.717, 1.165) is 31.3 Å². The second kappa shape index (κ2) is 10.9. The smallest absolute Gasteiger partial charge is 0.335 e. The first-order chi connectivity index (χ1) is 14.0. The molecule has 0 bridgehead atoms. The standard InChI is InChI=1S/C21H26N4O4/c1-3-5-6-7-14-24(4-2)18-11-9-17(10-12-18)22-23-19-13-8-16(21(26)27)15-20(19)25(28)29/h8-13,15H,3-7,14H2,1-2H3,(H,26,27)/b23-22+. The van der Waals surface area contributed by atoms with Crippen molar-refractivity contribution in [2.45, 2.75) is 39.5 Å². The Bertz CT molecular complexity index is 865. The lowest BCUT2D eigenvalue weighted by Crippen LogP contribution is -2.23. The van der Waals surface area contributed by atoms with Crippen molar-refractivity contribution in [1.82, 2.24) is 0 Å². The van der Waals surface area contributed by atoms with Gasteiger partial charge in [0.2, 0.25) is 0 Å². The Hall–Kier alpha value is -3.29. The minimum atomic E-state index is -1.23. The molecule has 8 heteroatoms. The molecule has 0 unspecified atom stereocenters. The first-order valence-electron chi connectivity index (χ1n) is 9.74. The van der Waals surface area contributed by atoms with Crippen LogP contribution in [-0.4, -0.2) is 29.1 Å². The molecule has 0 aromatic heterocycles. The van der Waals surface area contributed by atoms with E-state index in [2.05, 4.69) is 29.0 Å². The van der Waals surface area contributed by atoms with E-state index in [1.54, 1.807) is 0 Å². The van der Waals surface area contributed by atoms with Gasteiger partial charge in [0, 0.05) is 24.8 Å². The van der Waals surface area contributed by atoms with Gasteiger partial charge in [-0.25, -0.2) is 4.79 Å². The monoisotopic (exact) mass is 398 g/mol. The van der Waals surface area contributed by atoms with Crippen molar-refractivity contribution in [3.05, 3.63) is 58.1 Å². The highest BCUT2D eigenvalue weighted by molar-refractivity contribution is 5.89. The summed E-state index contributed by atoms with van der Waals surface area (Å²) in [4.78, 5) is 23.8. The zero-order valence-electron chi connectivity index (χ0n) is 16.7. The molecule has 0 saturated heterocycles. The number of carboxylic acid groups (broad SMARTS) is 1. The van der Waals surface area contributed by atoms with Crippen molar-refractivity contribution in [1.29, 1.82) is 0 Å². The van der Waals surface area contributed by atoms with Gasteiger partial charge in [0.15, 0.2) is 5.69 Å². The predicted molar refractivity (Wildman–Crippen MR) is 113 cm³/mol. The summed E-state index contributed by atoms with van der Waals surface area (Å²) in [7, 11) is 0. The Morgan fingerprint density at radius 3 is 2.38 bits per heavy atom. The zero-order chi connectivity index (χ0) is 21.2. The summed E-state index contributed by atoms with van der Waals surface area (Å²) in [5.74, 6) is -1.23. The van der Waals surface area contributed by atoms with Crippen LogP contribution in [0.3, 0.4) is 0 Å². The molecule has 0 aliphatic carbocycles. The summed E-state index contributed by atoms with van der Waals surface area (Å²) in [6.45, 7) is 6.22. The molecule has 8 nitrogen and oxygen atoms in total. The lowest BCUT2D eigenvalue weighted by Gasteiger charge is -2.23. The SMILES string of the molecule is CCCCCCN(CC)c1ccc(/N=N/c2ccc(C(=O)O)cc2[N+](=O)[O-])cc1. The molecule has 0 saturated carbocycles. The van der Waals surface area contributed by atoms with Crippen molar-refractivity contribution in [3.63, 3.8) is 0 Å². The minimum Gasteiger partial charge on any atom is -0.478 e. The number of rotatable bonds is 11. The van der Waals surface area contributed by atoms with Crippen LogP contribution >= 0.6 is 0 Å². The number of hydrogen-bond donors (Lipinski definition) is 1. The number of anilines is 1. The third-order valence-corrected chi connectivity index (χ3v) is 4.57. The van der Waals surface area contributed by atoms with Crippen LogP contribution in [0, 0.1) is 10.1 Å². The van der Waals surface area contributed by atoms with Crippen LogP contribution in [0.2, 0.25) is 0 Å². The quantitative estimate of drug-likeness (QED) is 0.212. The molecule has 154 valence electrons. The van der Waals surface area contributed by atoms with Gasteiger partial charge in [-0.05, 0) is 49.7 Å². The third kappa shape index (κ3) is 6.38. The van der Waals surface area contributed by atoms with Gasteiger partial charge in [0.1, 0.15) is 0 Å². The molecule has 2 rings (SSSR count). The van der Waals surface area contributed by atoms with E-state index in [-0.39, 0.29) is 11.3 Å². The second-order valence-electron chi connectivity index (χ2n) is 6.62. The largest absolute Gasteiger partial charge is 0.478 e. The van der Waals surface area contributed by atoms with Gasteiger partial charge in [-0.2, -0.15) is 5.11 Å². The minimum absolute atomic E-state index is 0.00943. The summed E-state index contributed by atoms with van der Waals surface area (Å²) in [5, 5.41) is 28.2.